The summed E-state index contributed by atoms with van der Waals surface area (Å²) in [5.41, 5.74) is 1.24. The quantitative estimate of drug-likeness (QED) is 0.836. The number of oxazole rings is 1. The molecule has 1 amide bonds. The lowest BCUT2D eigenvalue weighted by molar-refractivity contribution is 0.0719. The highest BCUT2D eigenvalue weighted by atomic mass is 16.5. The van der Waals surface area contributed by atoms with Gasteiger partial charge in [-0.3, -0.25) is 9.78 Å². The van der Waals surface area contributed by atoms with Crippen molar-refractivity contribution >= 4 is 5.91 Å². The Kier molecular flexibility index (Phi) is 3.78. The summed E-state index contributed by atoms with van der Waals surface area (Å²) in [6, 6.07) is 0. The Hall–Kier alpha value is -2.28. The fourth-order valence-corrected chi connectivity index (χ4v) is 3.08. The van der Waals surface area contributed by atoms with E-state index in [0.717, 1.165) is 43.4 Å². The number of hydrogen-bond donors (Lipinski definition) is 0. The molecule has 2 aliphatic heterocycles. The van der Waals surface area contributed by atoms with Crippen LogP contribution in [-0.4, -0.2) is 45.5 Å². The van der Waals surface area contributed by atoms with Gasteiger partial charge in [-0.2, -0.15) is 0 Å². The monoisotopic (exact) mass is 314 g/mol. The maximum Gasteiger partial charge on any atom is 0.274 e. The van der Waals surface area contributed by atoms with Gasteiger partial charge >= 0.3 is 0 Å². The lowest BCUT2D eigenvalue weighted by atomic mass is 10.0. The van der Waals surface area contributed by atoms with Crippen molar-refractivity contribution < 1.29 is 13.9 Å². The standard InChI is InChI=1S/C16H18N4O3/c21-16(12-9-17-4-5-18-12)20-6-1-14-13(10-20)19-15(23-14)11-2-7-22-8-3-11/h4-5,9,11H,1-3,6-8,10H2. The van der Waals surface area contributed by atoms with E-state index in [9.17, 15) is 4.79 Å². The third kappa shape index (κ3) is 2.84. The first kappa shape index (κ1) is 14.3. The zero-order valence-corrected chi connectivity index (χ0v) is 12.8. The van der Waals surface area contributed by atoms with E-state index < -0.39 is 0 Å². The minimum absolute atomic E-state index is 0.112. The molecule has 0 spiro atoms. The van der Waals surface area contributed by atoms with Crippen LogP contribution >= 0.6 is 0 Å². The van der Waals surface area contributed by atoms with Crippen LogP contribution in [0.5, 0.6) is 0 Å². The minimum atomic E-state index is -0.112. The van der Waals surface area contributed by atoms with Crippen molar-refractivity contribution in [3.8, 4) is 0 Å². The van der Waals surface area contributed by atoms with Crippen molar-refractivity contribution in [2.24, 2.45) is 0 Å². The van der Waals surface area contributed by atoms with Gasteiger partial charge in [0.15, 0.2) is 5.89 Å². The van der Waals surface area contributed by atoms with Crippen molar-refractivity contribution in [3.63, 3.8) is 0 Å². The van der Waals surface area contributed by atoms with Crippen molar-refractivity contribution in [1.29, 1.82) is 0 Å². The van der Waals surface area contributed by atoms with Crippen molar-refractivity contribution in [2.75, 3.05) is 19.8 Å². The largest absolute Gasteiger partial charge is 0.445 e. The van der Waals surface area contributed by atoms with Crippen LogP contribution in [0.4, 0.5) is 0 Å². The molecule has 4 heterocycles. The summed E-state index contributed by atoms with van der Waals surface area (Å²) >= 11 is 0. The van der Waals surface area contributed by atoms with E-state index in [1.54, 1.807) is 11.1 Å². The lowest BCUT2D eigenvalue weighted by Crippen LogP contribution is -2.36. The zero-order valence-electron chi connectivity index (χ0n) is 12.8. The molecule has 0 unspecified atom stereocenters. The van der Waals surface area contributed by atoms with E-state index in [1.807, 2.05) is 0 Å². The van der Waals surface area contributed by atoms with Crippen molar-refractivity contribution in [1.82, 2.24) is 19.9 Å². The van der Waals surface area contributed by atoms with Crippen LogP contribution in [0.15, 0.2) is 23.0 Å². The van der Waals surface area contributed by atoms with Gasteiger partial charge in [0.25, 0.3) is 5.91 Å². The number of nitrogens with zero attached hydrogens (tertiary/aromatic N) is 4. The first-order valence-electron chi connectivity index (χ1n) is 7.93. The van der Waals surface area contributed by atoms with Crippen molar-refractivity contribution in [2.45, 2.75) is 31.7 Å². The molecule has 2 aliphatic rings. The first-order valence-corrected chi connectivity index (χ1v) is 7.93. The molecule has 0 saturated carbocycles. The molecule has 7 nitrogen and oxygen atoms in total. The molecule has 1 fully saturated rings. The number of rotatable bonds is 2. The predicted molar refractivity (Wildman–Crippen MR) is 79.8 cm³/mol. The van der Waals surface area contributed by atoms with Crippen LogP contribution in [0.25, 0.3) is 0 Å². The van der Waals surface area contributed by atoms with Gasteiger partial charge in [0.1, 0.15) is 17.1 Å². The minimum Gasteiger partial charge on any atom is -0.445 e. The maximum absolute atomic E-state index is 12.5. The molecule has 23 heavy (non-hydrogen) atoms. The van der Waals surface area contributed by atoms with E-state index in [1.165, 1.54) is 12.4 Å². The van der Waals surface area contributed by atoms with Gasteiger partial charge in [-0.15, -0.1) is 0 Å². The van der Waals surface area contributed by atoms with Gasteiger partial charge in [0.2, 0.25) is 0 Å². The molecular weight excluding hydrogens is 296 g/mol. The molecule has 4 rings (SSSR count). The van der Waals surface area contributed by atoms with Gasteiger partial charge in [0.05, 0.1) is 12.7 Å². The number of fused-ring (bicyclic) bond motifs is 1. The summed E-state index contributed by atoms with van der Waals surface area (Å²) < 4.78 is 11.3. The molecule has 0 aliphatic carbocycles. The van der Waals surface area contributed by atoms with Gasteiger partial charge in [-0.05, 0) is 12.8 Å². The topological polar surface area (TPSA) is 81.4 Å². The highest BCUT2D eigenvalue weighted by molar-refractivity contribution is 5.92. The van der Waals surface area contributed by atoms with Crippen LogP contribution in [-0.2, 0) is 17.7 Å². The molecule has 2 aromatic heterocycles. The average Bonchev–Trinajstić information content (AvgIpc) is 3.06. The number of carbonyl (C=O) groups excluding carboxylic acids is 1. The fourth-order valence-electron chi connectivity index (χ4n) is 3.08. The Morgan fingerprint density at radius 3 is 2.91 bits per heavy atom. The number of aromatic nitrogens is 3. The Balaban J connectivity index is 1.51. The molecule has 120 valence electrons. The lowest BCUT2D eigenvalue weighted by Gasteiger charge is -2.24. The maximum atomic E-state index is 12.5. The van der Waals surface area contributed by atoms with Crippen LogP contribution in [0.3, 0.4) is 0 Å². The third-order valence-corrected chi connectivity index (χ3v) is 4.38. The highest BCUT2D eigenvalue weighted by Gasteiger charge is 2.29. The molecule has 0 N–H and O–H groups in total. The zero-order chi connectivity index (χ0) is 15.6. The van der Waals surface area contributed by atoms with Gasteiger partial charge in [0, 0.05) is 44.5 Å². The molecule has 0 aromatic carbocycles. The molecule has 1 saturated heterocycles. The second-order valence-corrected chi connectivity index (χ2v) is 5.88. The molecule has 0 radical (unpaired) electrons. The number of ether oxygens (including phenoxy) is 1. The summed E-state index contributed by atoms with van der Waals surface area (Å²) in [6.45, 7) is 2.60. The van der Waals surface area contributed by atoms with E-state index in [-0.39, 0.29) is 5.91 Å². The summed E-state index contributed by atoms with van der Waals surface area (Å²) in [7, 11) is 0. The summed E-state index contributed by atoms with van der Waals surface area (Å²) in [6.07, 6.45) is 7.17. The highest BCUT2D eigenvalue weighted by Crippen LogP contribution is 2.30. The van der Waals surface area contributed by atoms with Crippen LogP contribution in [0.2, 0.25) is 0 Å². The first-order chi connectivity index (χ1) is 11.3. The third-order valence-electron chi connectivity index (χ3n) is 4.38. The number of carbonyl (C=O) groups is 1. The predicted octanol–water partition coefficient (Wildman–Crippen LogP) is 1.56. The Labute approximate surface area is 133 Å². The second-order valence-electron chi connectivity index (χ2n) is 5.88. The fraction of sp³-hybridized carbons (Fsp3) is 0.500. The van der Waals surface area contributed by atoms with E-state index in [4.69, 9.17) is 9.15 Å². The number of hydrogen-bond acceptors (Lipinski definition) is 6. The summed E-state index contributed by atoms with van der Waals surface area (Å²) in [5.74, 6) is 1.93. The normalized spacial score (nSPS) is 18.7. The Morgan fingerprint density at radius 1 is 1.26 bits per heavy atom. The van der Waals surface area contributed by atoms with Crippen LogP contribution < -0.4 is 0 Å². The molecule has 0 atom stereocenters. The number of amides is 1. The van der Waals surface area contributed by atoms with Gasteiger partial charge in [-0.1, -0.05) is 0 Å². The average molecular weight is 314 g/mol. The van der Waals surface area contributed by atoms with Crippen LogP contribution in [0.1, 0.15) is 46.6 Å². The van der Waals surface area contributed by atoms with Crippen molar-refractivity contribution in [3.05, 3.63) is 41.6 Å². The SMILES string of the molecule is O=C(c1cnccn1)N1CCc2oc(C3CCOCC3)nc2C1. The molecular formula is C16H18N4O3. The Bertz CT molecular complexity index is 695. The second kappa shape index (κ2) is 6.08. The van der Waals surface area contributed by atoms with Gasteiger partial charge in [-0.25, -0.2) is 9.97 Å². The van der Waals surface area contributed by atoms with Gasteiger partial charge < -0.3 is 14.1 Å². The Morgan fingerprint density at radius 2 is 2.13 bits per heavy atom. The smallest absolute Gasteiger partial charge is 0.274 e. The summed E-state index contributed by atoms with van der Waals surface area (Å²) in [5, 5.41) is 0. The van der Waals surface area contributed by atoms with E-state index in [0.29, 0.717) is 31.1 Å². The van der Waals surface area contributed by atoms with E-state index in [2.05, 4.69) is 15.0 Å². The van der Waals surface area contributed by atoms with E-state index >= 15 is 0 Å². The molecule has 7 heteroatoms. The molecule has 0 bridgehead atoms. The molecule has 2 aromatic rings. The summed E-state index contributed by atoms with van der Waals surface area (Å²) in [4.78, 5) is 26.9. The van der Waals surface area contributed by atoms with Crippen LogP contribution in [0, 0.1) is 0 Å².